The monoisotopic (exact) mass is 393 g/mol. The average molecular weight is 394 g/mol. The molecule has 1 unspecified atom stereocenters. The minimum absolute atomic E-state index is 0.0358. The third-order valence-electron chi connectivity index (χ3n) is 4.99. The van der Waals surface area contributed by atoms with Crippen LogP contribution in [0, 0.1) is 5.92 Å². The summed E-state index contributed by atoms with van der Waals surface area (Å²) in [5.74, 6) is -0.504. The fraction of sp³-hybridized carbons (Fsp3) is 0.632. The minimum atomic E-state index is -0.371. The lowest BCUT2D eigenvalue weighted by atomic mass is 10.00. The maximum Gasteiger partial charge on any atom is 0.341 e. The maximum absolute atomic E-state index is 12.7. The Morgan fingerprint density at radius 1 is 1.37 bits per heavy atom. The molecule has 0 spiro atoms. The van der Waals surface area contributed by atoms with Gasteiger partial charge >= 0.3 is 5.97 Å². The molecule has 0 aromatic carbocycles. The van der Waals surface area contributed by atoms with Gasteiger partial charge in [0, 0.05) is 18.0 Å². The van der Waals surface area contributed by atoms with Crippen molar-refractivity contribution >= 4 is 34.1 Å². The van der Waals surface area contributed by atoms with Crippen molar-refractivity contribution in [2.45, 2.75) is 46.1 Å². The number of anilines is 1. The maximum atomic E-state index is 12.7. The van der Waals surface area contributed by atoms with Crippen molar-refractivity contribution in [1.82, 2.24) is 10.2 Å². The van der Waals surface area contributed by atoms with Crippen LogP contribution in [0.25, 0.3) is 0 Å². The normalized spacial score (nSPS) is 19.7. The number of fused-ring (bicyclic) bond motifs is 1. The van der Waals surface area contributed by atoms with Crippen LogP contribution >= 0.6 is 11.3 Å². The van der Waals surface area contributed by atoms with E-state index in [0.717, 1.165) is 29.7 Å². The van der Waals surface area contributed by atoms with E-state index in [-0.39, 0.29) is 36.3 Å². The molecule has 27 heavy (non-hydrogen) atoms. The molecule has 2 heterocycles. The van der Waals surface area contributed by atoms with E-state index in [1.165, 1.54) is 11.3 Å². The highest BCUT2D eigenvalue weighted by Gasteiger charge is 2.34. The van der Waals surface area contributed by atoms with E-state index in [4.69, 9.17) is 4.74 Å². The molecule has 148 valence electrons. The Hall–Kier alpha value is -1.93. The van der Waals surface area contributed by atoms with E-state index in [1.54, 1.807) is 6.92 Å². The lowest BCUT2D eigenvalue weighted by molar-refractivity contribution is -0.132. The van der Waals surface area contributed by atoms with Crippen LogP contribution in [0.5, 0.6) is 0 Å². The highest BCUT2D eigenvalue weighted by Crippen LogP contribution is 2.39. The van der Waals surface area contributed by atoms with Crippen molar-refractivity contribution in [2.24, 2.45) is 5.92 Å². The van der Waals surface area contributed by atoms with Gasteiger partial charge in [-0.05, 0) is 37.7 Å². The topological polar surface area (TPSA) is 87.7 Å². The zero-order valence-corrected chi connectivity index (χ0v) is 16.9. The number of ether oxygens (including phenoxy) is 1. The number of rotatable bonds is 6. The molecule has 2 aliphatic rings. The average Bonchev–Trinajstić information content (AvgIpc) is 3.15. The third-order valence-corrected chi connectivity index (χ3v) is 6.20. The smallest absolute Gasteiger partial charge is 0.341 e. The molecule has 2 amide bonds. The van der Waals surface area contributed by atoms with Gasteiger partial charge in [-0.25, -0.2) is 4.79 Å². The van der Waals surface area contributed by atoms with E-state index in [9.17, 15) is 14.4 Å². The van der Waals surface area contributed by atoms with Gasteiger partial charge in [-0.3, -0.25) is 14.5 Å². The number of aryl methyl sites for hydroxylation is 1. The fourth-order valence-electron chi connectivity index (χ4n) is 3.90. The summed E-state index contributed by atoms with van der Waals surface area (Å²) in [6.45, 7) is 7.32. The molecule has 0 radical (unpaired) electrons. The quantitative estimate of drug-likeness (QED) is 0.720. The molecule has 7 nitrogen and oxygen atoms in total. The first-order valence-corrected chi connectivity index (χ1v) is 10.4. The highest BCUT2D eigenvalue weighted by atomic mass is 32.1. The Labute approximate surface area is 163 Å². The van der Waals surface area contributed by atoms with Crippen molar-refractivity contribution in [3.05, 3.63) is 16.0 Å². The number of thiophene rings is 1. The molecule has 1 aliphatic carbocycles. The molecule has 1 aliphatic heterocycles. The van der Waals surface area contributed by atoms with Crippen molar-refractivity contribution in [1.29, 1.82) is 0 Å². The predicted octanol–water partition coefficient (Wildman–Crippen LogP) is 1.81. The van der Waals surface area contributed by atoms with Gasteiger partial charge in [0.2, 0.25) is 11.8 Å². The molecular weight excluding hydrogens is 366 g/mol. The second-order valence-electron chi connectivity index (χ2n) is 7.28. The van der Waals surface area contributed by atoms with Gasteiger partial charge in [-0.1, -0.05) is 13.8 Å². The van der Waals surface area contributed by atoms with Crippen LogP contribution in [0.1, 0.15) is 48.0 Å². The van der Waals surface area contributed by atoms with E-state index in [2.05, 4.69) is 10.6 Å². The standard InChI is InChI=1S/C19H27N3O4S/c1-4-26-19(25)15-12-6-5-7-13(12)27-18(15)21-14(23)10-22-9-8-20-17(24)16(22)11(2)3/h11,16H,4-10H2,1-3H3,(H,20,24)(H,21,23). The van der Waals surface area contributed by atoms with Crippen molar-refractivity contribution in [3.8, 4) is 0 Å². The molecule has 3 rings (SSSR count). The zero-order valence-electron chi connectivity index (χ0n) is 16.1. The summed E-state index contributed by atoms with van der Waals surface area (Å²) in [5, 5.41) is 6.34. The number of carbonyl (C=O) groups excluding carboxylic acids is 3. The Morgan fingerprint density at radius 2 is 2.15 bits per heavy atom. The van der Waals surface area contributed by atoms with E-state index in [0.29, 0.717) is 30.3 Å². The molecule has 0 saturated carbocycles. The Bertz CT molecular complexity index is 744. The first-order valence-electron chi connectivity index (χ1n) is 9.55. The number of nitrogens with one attached hydrogen (secondary N) is 2. The van der Waals surface area contributed by atoms with Crippen LogP contribution < -0.4 is 10.6 Å². The summed E-state index contributed by atoms with van der Waals surface area (Å²) >= 11 is 1.47. The van der Waals surface area contributed by atoms with Gasteiger partial charge in [-0.2, -0.15) is 0 Å². The van der Waals surface area contributed by atoms with Gasteiger partial charge in [0.25, 0.3) is 0 Å². The van der Waals surface area contributed by atoms with Crippen LogP contribution in [0.4, 0.5) is 5.00 Å². The number of nitrogens with zero attached hydrogens (tertiary/aromatic N) is 1. The molecular formula is C19H27N3O4S. The van der Waals surface area contributed by atoms with E-state index >= 15 is 0 Å². The molecule has 8 heteroatoms. The summed E-state index contributed by atoms with van der Waals surface area (Å²) in [6.07, 6.45) is 2.81. The molecule has 1 aromatic rings. The van der Waals surface area contributed by atoms with Crippen molar-refractivity contribution < 1.29 is 19.1 Å². The van der Waals surface area contributed by atoms with Crippen molar-refractivity contribution in [3.63, 3.8) is 0 Å². The highest BCUT2D eigenvalue weighted by molar-refractivity contribution is 7.17. The number of esters is 1. The summed E-state index contributed by atoms with van der Waals surface area (Å²) in [6, 6.07) is -0.317. The minimum Gasteiger partial charge on any atom is -0.462 e. The molecule has 0 bridgehead atoms. The molecule has 1 fully saturated rings. The van der Waals surface area contributed by atoms with Crippen LogP contribution in [-0.2, 0) is 27.2 Å². The fourth-order valence-corrected chi connectivity index (χ4v) is 5.19. The largest absolute Gasteiger partial charge is 0.462 e. The van der Waals surface area contributed by atoms with Crippen LogP contribution in [0.15, 0.2) is 0 Å². The summed E-state index contributed by atoms with van der Waals surface area (Å²) in [5.41, 5.74) is 1.53. The number of hydrogen-bond acceptors (Lipinski definition) is 6. The third kappa shape index (κ3) is 4.16. The van der Waals surface area contributed by atoms with E-state index in [1.807, 2.05) is 18.7 Å². The first kappa shape index (κ1) is 19.8. The zero-order chi connectivity index (χ0) is 19.6. The second kappa shape index (κ2) is 8.39. The lowest BCUT2D eigenvalue weighted by Gasteiger charge is -2.36. The van der Waals surface area contributed by atoms with Crippen molar-refractivity contribution in [2.75, 3.05) is 31.6 Å². The molecule has 1 atom stereocenters. The summed E-state index contributed by atoms with van der Waals surface area (Å²) < 4.78 is 5.20. The summed E-state index contributed by atoms with van der Waals surface area (Å²) in [4.78, 5) is 40.3. The van der Waals surface area contributed by atoms with Gasteiger partial charge in [-0.15, -0.1) is 11.3 Å². The predicted molar refractivity (Wildman–Crippen MR) is 104 cm³/mol. The molecule has 1 saturated heterocycles. The van der Waals surface area contributed by atoms with Crippen LogP contribution in [0.2, 0.25) is 0 Å². The Balaban J connectivity index is 1.74. The number of piperazine rings is 1. The molecule has 1 aromatic heterocycles. The Morgan fingerprint density at radius 3 is 2.85 bits per heavy atom. The van der Waals surface area contributed by atoms with Gasteiger partial charge in [0.1, 0.15) is 5.00 Å². The number of amides is 2. The van der Waals surface area contributed by atoms with Gasteiger partial charge in [0.05, 0.1) is 24.8 Å². The second-order valence-corrected chi connectivity index (χ2v) is 8.39. The number of carbonyl (C=O) groups is 3. The van der Waals surface area contributed by atoms with Crippen LogP contribution in [-0.4, -0.2) is 55.0 Å². The first-order chi connectivity index (χ1) is 12.9. The molecule has 2 N–H and O–H groups in total. The lowest BCUT2D eigenvalue weighted by Crippen LogP contribution is -2.58. The van der Waals surface area contributed by atoms with Gasteiger partial charge < -0.3 is 15.4 Å². The van der Waals surface area contributed by atoms with E-state index < -0.39 is 0 Å². The summed E-state index contributed by atoms with van der Waals surface area (Å²) in [7, 11) is 0. The Kier molecular flexibility index (Phi) is 6.16. The number of hydrogen-bond donors (Lipinski definition) is 2. The SMILES string of the molecule is CCOC(=O)c1c(NC(=O)CN2CCNC(=O)C2C(C)C)sc2c1CCC2. The van der Waals surface area contributed by atoms with Crippen LogP contribution in [0.3, 0.4) is 0 Å². The van der Waals surface area contributed by atoms with Gasteiger partial charge in [0.15, 0.2) is 0 Å².